The zero-order valence-corrected chi connectivity index (χ0v) is 5.38. The molecule has 1 saturated heterocycles. The average Bonchev–Trinajstić information content (AvgIpc) is 1.91. The molecular weight excluding hydrogens is 118 g/mol. The molecule has 1 aliphatic rings. The van der Waals surface area contributed by atoms with Crippen molar-refractivity contribution >= 4 is 0 Å². The molecular formula is C6H11NO2. The fourth-order valence-electron chi connectivity index (χ4n) is 1.03. The third-order valence-corrected chi connectivity index (χ3v) is 1.55. The summed E-state index contributed by atoms with van der Waals surface area (Å²) in [6, 6.07) is 0. The van der Waals surface area contributed by atoms with E-state index in [2.05, 4.69) is 5.18 Å². The number of rotatable bonds is 2. The van der Waals surface area contributed by atoms with E-state index in [0.29, 0.717) is 6.54 Å². The van der Waals surface area contributed by atoms with Crippen molar-refractivity contribution in [2.75, 3.05) is 13.2 Å². The molecule has 1 aliphatic heterocycles. The second-order valence-corrected chi connectivity index (χ2v) is 2.30. The van der Waals surface area contributed by atoms with Crippen LogP contribution >= 0.6 is 0 Å². The van der Waals surface area contributed by atoms with Gasteiger partial charge in [0.2, 0.25) is 0 Å². The lowest BCUT2D eigenvalue weighted by Gasteiger charge is -2.19. The topological polar surface area (TPSA) is 38.7 Å². The van der Waals surface area contributed by atoms with Gasteiger partial charge < -0.3 is 4.74 Å². The molecule has 0 N–H and O–H groups in total. The molecule has 3 nitrogen and oxygen atoms in total. The summed E-state index contributed by atoms with van der Waals surface area (Å²) in [7, 11) is 0. The molecule has 3 heteroatoms. The van der Waals surface area contributed by atoms with Crippen LogP contribution in [0.4, 0.5) is 0 Å². The van der Waals surface area contributed by atoms with Crippen molar-refractivity contribution in [3.8, 4) is 0 Å². The number of nitrogens with zero attached hydrogens (tertiary/aromatic N) is 1. The number of nitroso groups, excluding NO2 is 1. The monoisotopic (exact) mass is 129 g/mol. The molecule has 0 radical (unpaired) electrons. The SMILES string of the molecule is O=NC[C@@H]1CCCCO1. The molecule has 9 heavy (non-hydrogen) atoms. The Hall–Kier alpha value is -0.440. The fraction of sp³-hybridized carbons (Fsp3) is 1.00. The van der Waals surface area contributed by atoms with Crippen LogP contribution in [0.15, 0.2) is 5.18 Å². The van der Waals surface area contributed by atoms with Crippen LogP contribution < -0.4 is 0 Å². The first-order valence-corrected chi connectivity index (χ1v) is 3.34. The van der Waals surface area contributed by atoms with Gasteiger partial charge in [0.15, 0.2) is 0 Å². The van der Waals surface area contributed by atoms with Gasteiger partial charge in [0.05, 0.1) is 6.10 Å². The smallest absolute Gasteiger partial charge is 0.107 e. The molecule has 0 unspecified atom stereocenters. The Labute approximate surface area is 54.4 Å². The normalized spacial score (nSPS) is 27.8. The summed E-state index contributed by atoms with van der Waals surface area (Å²) in [6.07, 6.45) is 3.44. The van der Waals surface area contributed by atoms with Gasteiger partial charge in [-0.3, -0.25) is 0 Å². The van der Waals surface area contributed by atoms with Gasteiger partial charge in [-0.05, 0) is 19.3 Å². The first-order valence-electron chi connectivity index (χ1n) is 3.34. The van der Waals surface area contributed by atoms with Crippen molar-refractivity contribution in [1.29, 1.82) is 0 Å². The highest BCUT2D eigenvalue weighted by Gasteiger charge is 2.12. The van der Waals surface area contributed by atoms with E-state index >= 15 is 0 Å². The third-order valence-electron chi connectivity index (χ3n) is 1.55. The van der Waals surface area contributed by atoms with Gasteiger partial charge in [-0.1, -0.05) is 5.18 Å². The minimum Gasteiger partial charge on any atom is -0.376 e. The third kappa shape index (κ3) is 2.10. The highest BCUT2D eigenvalue weighted by atomic mass is 16.5. The first-order chi connectivity index (χ1) is 4.43. The Balaban J connectivity index is 2.15. The van der Waals surface area contributed by atoms with Crippen LogP contribution in [0.2, 0.25) is 0 Å². The molecule has 0 aliphatic carbocycles. The van der Waals surface area contributed by atoms with E-state index < -0.39 is 0 Å². The highest BCUT2D eigenvalue weighted by molar-refractivity contribution is 4.64. The molecule has 1 heterocycles. The van der Waals surface area contributed by atoms with Crippen LogP contribution in [-0.2, 0) is 4.74 Å². The Kier molecular flexibility index (Phi) is 2.64. The quantitative estimate of drug-likeness (QED) is 0.527. The van der Waals surface area contributed by atoms with Crippen LogP contribution in [0.25, 0.3) is 0 Å². The van der Waals surface area contributed by atoms with Gasteiger partial charge in [0, 0.05) is 6.61 Å². The minimum absolute atomic E-state index is 0.122. The molecule has 0 aromatic carbocycles. The number of ether oxygens (including phenoxy) is 1. The maximum Gasteiger partial charge on any atom is 0.107 e. The molecule has 0 amide bonds. The number of hydrogen-bond donors (Lipinski definition) is 0. The van der Waals surface area contributed by atoms with Crippen LogP contribution in [0.3, 0.4) is 0 Å². The van der Waals surface area contributed by atoms with Crippen molar-refractivity contribution in [2.24, 2.45) is 5.18 Å². The zero-order chi connectivity index (χ0) is 6.53. The second kappa shape index (κ2) is 3.56. The van der Waals surface area contributed by atoms with Crippen LogP contribution in [0.5, 0.6) is 0 Å². The van der Waals surface area contributed by atoms with Crippen molar-refractivity contribution < 1.29 is 4.74 Å². The molecule has 1 atom stereocenters. The molecule has 0 aromatic rings. The van der Waals surface area contributed by atoms with Gasteiger partial charge >= 0.3 is 0 Å². The van der Waals surface area contributed by atoms with Crippen molar-refractivity contribution in [3.05, 3.63) is 4.91 Å². The van der Waals surface area contributed by atoms with Gasteiger partial charge in [0.1, 0.15) is 6.54 Å². The summed E-state index contributed by atoms with van der Waals surface area (Å²) in [6.45, 7) is 1.14. The Bertz CT molecular complexity index is 89.1. The summed E-state index contributed by atoms with van der Waals surface area (Å²) >= 11 is 0. The van der Waals surface area contributed by atoms with E-state index in [9.17, 15) is 4.91 Å². The fourth-order valence-corrected chi connectivity index (χ4v) is 1.03. The minimum atomic E-state index is 0.122. The molecule has 0 spiro atoms. The Morgan fingerprint density at radius 2 is 2.44 bits per heavy atom. The van der Waals surface area contributed by atoms with E-state index in [1.807, 2.05) is 0 Å². The highest BCUT2D eigenvalue weighted by Crippen LogP contribution is 2.12. The predicted octanol–water partition coefficient (Wildman–Crippen LogP) is 1.32. The summed E-state index contributed by atoms with van der Waals surface area (Å²) in [5, 5.41) is 2.78. The maximum atomic E-state index is 9.74. The van der Waals surface area contributed by atoms with Crippen LogP contribution in [-0.4, -0.2) is 19.3 Å². The lowest BCUT2D eigenvalue weighted by molar-refractivity contribution is 0.0223. The van der Waals surface area contributed by atoms with Crippen LogP contribution in [0, 0.1) is 4.91 Å². The zero-order valence-electron chi connectivity index (χ0n) is 5.38. The van der Waals surface area contributed by atoms with E-state index in [-0.39, 0.29) is 6.10 Å². The Morgan fingerprint density at radius 3 is 3.00 bits per heavy atom. The van der Waals surface area contributed by atoms with E-state index in [0.717, 1.165) is 19.4 Å². The largest absolute Gasteiger partial charge is 0.376 e. The molecule has 0 bridgehead atoms. The van der Waals surface area contributed by atoms with Gasteiger partial charge in [0.25, 0.3) is 0 Å². The average molecular weight is 129 g/mol. The standard InChI is InChI=1S/C6H11NO2/c8-7-5-6-3-1-2-4-9-6/h6H,1-5H2/t6-/m0/s1. The number of hydrogen-bond acceptors (Lipinski definition) is 3. The summed E-state index contributed by atoms with van der Waals surface area (Å²) in [5.41, 5.74) is 0. The van der Waals surface area contributed by atoms with Gasteiger partial charge in [-0.15, -0.1) is 0 Å². The predicted molar refractivity (Wildman–Crippen MR) is 34.3 cm³/mol. The molecule has 52 valence electrons. The van der Waals surface area contributed by atoms with E-state index in [1.54, 1.807) is 0 Å². The van der Waals surface area contributed by atoms with Gasteiger partial charge in [-0.25, -0.2) is 0 Å². The molecule has 1 fully saturated rings. The van der Waals surface area contributed by atoms with Crippen molar-refractivity contribution in [3.63, 3.8) is 0 Å². The summed E-state index contributed by atoms with van der Waals surface area (Å²) in [4.78, 5) is 9.74. The summed E-state index contributed by atoms with van der Waals surface area (Å²) < 4.78 is 5.22. The lowest BCUT2D eigenvalue weighted by Crippen LogP contribution is -2.21. The lowest BCUT2D eigenvalue weighted by atomic mass is 10.1. The van der Waals surface area contributed by atoms with E-state index in [4.69, 9.17) is 4.74 Å². The Morgan fingerprint density at radius 1 is 1.56 bits per heavy atom. The van der Waals surface area contributed by atoms with Gasteiger partial charge in [-0.2, -0.15) is 4.91 Å². The maximum absolute atomic E-state index is 9.74. The van der Waals surface area contributed by atoms with Crippen molar-refractivity contribution in [2.45, 2.75) is 25.4 Å². The summed E-state index contributed by atoms with van der Waals surface area (Å²) in [5.74, 6) is 0. The van der Waals surface area contributed by atoms with Crippen molar-refractivity contribution in [1.82, 2.24) is 0 Å². The van der Waals surface area contributed by atoms with E-state index in [1.165, 1.54) is 6.42 Å². The molecule has 0 saturated carbocycles. The first kappa shape index (κ1) is 6.68. The molecule has 0 aromatic heterocycles. The molecule has 1 rings (SSSR count). The van der Waals surface area contributed by atoms with Crippen LogP contribution in [0.1, 0.15) is 19.3 Å². The second-order valence-electron chi connectivity index (χ2n) is 2.30.